The van der Waals surface area contributed by atoms with Crippen molar-refractivity contribution < 1.29 is 19.4 Å². The van der Waals surface area contributed by atoms with Gasteiger partial charge in [0.25, 0.3) is 0 Å². The van der Waals surface area contributed by atoms with E-state index < -0.39 is 5.97 Å². The van der Waals surface area contributed by atoms with Gasteiger partial charge in [0.05, 0.1) is 0 Å². The molecule has 0 saturated heterocycles. The Hall–Kier alpha value is -2.37. The van der Waals surface area contributed by atoms with Crippen LogP contribution in [0.15, 0.2) is 22.6 Å². The number of rotatable bonds is 5. The number of aliphatic carboxylic acids is 1. The fourth-order valence-corrected chi connectivity index (χ4v) is 1.86. The molecule has 0 aliphatic carbocycles. The molecule has 1 heterocycles. The zero-order chi connectivity index (χ0) is 14.7. The first-order valence-electron chi connectivity index (χ1n) is 6.30. The van der Waals surface area contributed by atoms with E-state index >= 15 is 0 Å². The molecule has 20 heavy (non-hydrogen) atoms. The number of aryl methyl sites for hydroxylation is 1. The van der Waals surface area contributed by atoms with E-state index in [0.717, 1.165) is 5.56 Å². The third-order valence-electron chi connectivity index (χ3n) is 2.97. The molecule has 106 valence electrons. The molecule has 0 bridgehead atoms. The number of carboxylic acids is 1. The Morgan fingerprint density at radius 1 is 1.40 bits per heavy atom. The summed E-state index contributed by atoms with van der Waals surface area (Å²) in [5, 5.41) is 26.2. The number of carbonyl (C=O) groups is 1. The lowest BCUT2D eigenvalue weighted by Gasteiger charge is -2.03. The average Bonchev–Trinajstić information content (AvgIpc) is 2.80. The minimum Gasteiger partial charge on any atom is -0.508 e. The molecule has 0 spiro atoms. The van der Waals surface area contributed by atoms with Crippen molar-refractivity contribution in [2.24, 2.45) is 5.92 Å². The molecule has 0 radical (unpaired) electrons. The van der Waals surface area contributed by atoms with Crippen LogP contribution in [0.2, 0.25) is 0 Å². The van der Waals surface area contributed by atoms with Crippen LogP contribution in [0.4, 0.5) is 0 Å². The third-order valence-corrected chi connectivity index (χ3v) is 2.97. The Bertz CT molecular complexity index is 621. The van der Waals surface area contributed by atoms with Gasteiger partial charge in [0, 0.05) is 18.4 Å². The Morgan fingerprint density at radius 3 is 2.80 bits per heavy atom. The molecule has 2 rings (SSSR count). The van der Waals surface area contributed by atoms with Gasteiger partial charge in [-0.25, -0.2) is 0 Å². The molecule has 2 aromatic rings. The quantitative estimate of drug-likeness (QED) is 0.870. The first kappa shape index (κ1) is 14.0. The molecular formula is C14H16N2O4. The molecule has 1 unspecified atom stereocenters. The average molecular weight is 276 g/mol. The van der Waals surface area contributed by atoms with E-state index in [4.69, 9.17) is 9.52 Å². The summed E-state index contributed by atoms with van der Waals surface area (Å²) in [7, 11) is 0. The number of hydrogen-bond acceptors (Lipinski definition) is 5. The second-order valence-corrected chi connectivity index (χ2v) is 4.91. The summed E-state index contributed by atoms with van der Waals surface area (Å²) >= 11 is 0. The number of aromatic nitrogens is 2. The van der Waals surface area contributed by atoms with Gasteiger partial charge >= 0.3 is 5.97 Å². The maximum Gasteiger partial charge on any atom is 0.303 e. The highest BCUT2D eigenvalue weighted by molar-refractivity contribution is 5.67. The molecule has 0 amide bonds. The van der Waals surface area contributed by atoms with Crippen molar-refractivity contribution in [2.45, 2.75) is 26.7 Å². The molecular weight excluding hydrogens is 260 g/mol. The fraction of sp³-hybridized carbons (Fsp3) is 0.357. The fourth-order valence-electron chi connectivity index (χ4n) is 1.86. The Morgan fingerprint density at radius 2 is 2.15 bits per heavy atom. The minimum absolute atomic E-state index is 0.0586. The van der Waals surface area contributed by atoms with Gasteiger partial charge in [-0.05, 0) is 30.5 Å². The number of hydrogen-bond donors (Lipinski definition) is 2. The third kappa shape index (κ3) is 3.34. The lowest BCUT2D eigenvalue weighted by atomic mass is 10.0. The first-order chi connectivity index (χ1) is 9.45. The molecule has 2 N–H and O–H groups in total. The molecule has 0 aliphatic rings. The van der Waals surface area contributed by atoms with E-state index in [0.29, 0.717) is 23.8 Å². The molecule has 0 aliphatic heterocycles. The van der Waals surface area contributed by atoms with Crippen molar-refractivity contribution >= 4 is 5.97 Å². The SMILES string of the molecule is Cc1ccc(-c2nnc(CC(C)CC(=O)O)o2)cc1O. The normalized spacial score (nSPS) is 12.3. The van der Waals surface area contributed by atoms with Crippen molar-refractivity contribution in [2.75, 3.05) is 0 Å². The summed E-state index contributed by atoms with van der Waals surface area (Å²) in [6.45, 7) is 3.61. The molecule has 0 saturated carbocycles. The molecule has 1 atom stereocenters. The highest BCUT2D eigenvalue weighted by atomic mass is 16.4. The molecule has 1 aromatic carbocycles. The molecule has 6 heteroatoms. The van der Waals surface area contributed by atoms with Crippen molar-refractivity contribution in [1.82, 2.24) is 10.2 Å². The number of phenols is 1. The van der Waals surface area contributed by atoms with Crippen LogP contribution >= 0.6 is 0 Å². The topological polar surface area (TPSA) is 96.5 Å². The summed E-state index contributed by atoms with van der Waals surface area (Å²) in [5.74, 6) is -0.0407. The van der Waals surface area contributed by atoms with Crippen molar-refractivity contribution in [3.05, 3.63) is 29.7 Å². The Labute approximate surface area is 116 Å². The van der Waals surface area contributed by atoms with Crippen LogP contribution < -0.4 is 0 Å². The van der Waals surface area contributed by atoms with Crippen LogP contribution in [0.5, 0.6) is 5.75 Å². The second-order valence-electron chi connectivity index (χ2n) is 4.91. The van der Waals surface area contributed by atoms with Gasteiger partial charge in [0.2, 0.25) is 11.8 Å². The van der Waals surface area contributed by atoms with E-state index in [-0.39, 0.29) is 18.1 Å². The predicted molar refractivity (Wildman–Crippen MR) is 71.3 cm³/mol. The maximum absolute atomic E-state index is 10.6. The van der Waals surface area contributed by atoms with Gasteiger partial charge in [0.1, 0.15) is 5.75 Å². The van der Waals surface area contributed by atoms with E-state index in [1.54, 1.807) is 25.1 Å². The van der Waals surface area contributed by atoms with Gasteiger partial charge in [-0.3, -0.25) is 4.79 Å². The second kappa shape index (κ2) is 5.73. The minimum atomic E-state index is -0.847. The summed E-state index contributed by atoms with van der Waals surface area (Å²) < 4.78 is 5.49. The van der Waals surface area contributed by atoms with Crippen LogP contribution in [0, 0.1) is 12.8 Å². The van der Waals surface area contributed by atoms with Crippen LogP contribution in [-0.4, -0.2) is 26.4 Å². The number of benzene rings is 1. The Kier molecular flexibility index (Phi) is 4.02. The Balaban J connectivity index is 2.12. The van der Waals surface area contributed by atoms with Gasteiger partial charge < -0.3 is 14.6 Å². The van der Waals surface area contributed by atoms with Gasteiger partial charge in [-0.15, -0.1) is 10.2 Å². The predicted octanol–water partition coefficient (Wildman–Crippen LogP) is 2.40. The van der Waals surface area contributed by atoms with Crippen LogP contribution in [0.1, 0.15) is 24.8 Å². The summed E-state index contributed by atoms with van der Waals surface area (Å²) in [4.78, 5) is 10.6. The molecule has 1 aromatic heterocycles. The van der Waals surface area contributed by atoms with Crippen LogP contribution in [0.25, 0.3) is 11.5 Å². The van der Waals surface area contributed by atoms with Crippen molar-refractivity contribution in [3.63, 3.8) is 0 Å². The number of phenolic OH excluding ortho intramolecular Hbond substituents is 1. The van der Waals surface area contributed by atoms with E-state index in [1.807, 2.05) is 6.92 Å². The first-order valence-corrected chi connectivity index (χ1v) is 6.30. The smallest absolute Gasteiger partial charge is 0.303 e. The summed E-state index contributed by atoms with van der Waals surface area (Å²) in [6, 6.07) is 5.11. The zero-order valence-electron chi connectivity index (χ0n) is 11.3. The van der Waals surface area contributed by atoms with Crippen LogP contribution in [-0.2, 0) is 11.2 Å². The van der Waals surface area contributed by atoms with Crippen molar-refractivity contribution in [1.29, 1.82) is 0 Å². The summed E-state index contributed by atoms with van der Waals surface area (Å²) in [5.41, 5.74) is 1.40. The standard InChI is InChI=1S/C14H16N2O4/c1-8(6-13(18)19)5-12-15-16-14(20-12)10-4-3-9(2)11(17)7-10/h3-4,7-8,17H,5-6H2,1-2H3,(H,18,19). The largest absolute Gasteiger partial charge is 0.508 e. The van der Waals surface area contributed by atoms with E-state index in [1.165, 1.54) is 0 Å². The zero-order valence-corrected chi connectivity index (χ0v) is 11.3. The van der Waals surface area contributed by atoms with Gasteiger partial charge in [-0.1, -0.05) is 13.0 Å². The van der Waals surface area contributed by atoms with Crippen molar-refractivity contribution in [3.8, 4) is 17.2 Å². The number of aromatic hydroxyl groups is 1. The van der Waals surface area contributed by atoms with Gasteiger partial charge in [-0.2, -0.15) is 0 Å². The lowest BCUT2D eigenvalue weighted by Crippen LogP contribution is -2.07. The van der Waals surface area contributed by atoms with Crippen LogP contribution in [0.3, 0.4) is 0 Å². The molecule has 0 fully saturated rings. The molecule has 6 nitrogen and oxygen atoms in total. The highest BCUT2D eigenvalue weighted by Gasteiger charge is 2.14. The summed E-state index contributed by atoms with van der Waals surface area (Å²) in [6.07, 6.45) is 0.472. The number of carboxylic acid groups (broad SMARTS) is 1. The van der Waals surface area contributed by atoms with E-state index in [9.17, 15) is 9.90 Å². The van der Waals surface area contributed by atoms with E-state index in [2.05, 4.69) is 10.2 Å². The highest BCUT2D eigenvalue weighted by Crippen LogP contribution is 2.25. The van der Waals surface area contributed by atoms with Gasteiger partial charge in [0.15, 0.2) is 0 Å². The maximum atomic E-state index is 10.6. The lowest BCUT2D eigenvalue weighted by molar-refractivity contribution is -0.137. The number of nitrogens with zero attached hydrogens (tertiary/aromatic N) is 2. The monoisotopic (exact) mass is 276 g/mol.